The van der Waals surface area contributed by atoms with Crippen LogP contribution in [-0.2, 0) is 9.59 Å². The smallest absolute Gasteiger partial charge is 0.326 e. The summed E-state index contributed by atoms with van der Waals surface area (Å²) < 4.78 is 5.22. The Bertz CT molecular complexity index is 769. The number of fused-ring (bicyclic) bond motifs is 1. The number of amides is 1. The lowest BCUT2D eigenvalue weighted by Gasteiger charge is -2.19. The first kappa shape index (κ1) is 18.8. The fourth-order valence-electron chi connectivity index (χ4n) is 2.78. The van der Waals surface area contributed by atoms with E-state index in [4.69, 9.17) is 4.74 Å². The fraction of sp³-hybridized carbons (Fsp3) is 0.400. The summed E-state index contributed by atoms with van der Waals surface area (Å²) in [5.74, 6) is -0.738. The molecule has 0 radical (unpaired) electrons. The molecular formula is C20H25NO4. The lowest BCUT2D eigenvalue weighted by Crippen LogP contribution is -2.43. The van der Waals surface area contributed by atoms with E-state index in [0.29, 0.717) is 6.42 Å². The summed E-state index contributed by atoms with van der Waals surface area (Å²) in [5, 5.41) is 14.0. The van der Waals surface area contributed by atoms with Crippen LogP contribution in [0.5, 0.6) is 5.75 Å². The van der Waals surface area contributed by atoms with E-state index in [0.717, 1.165) is 22.1 Å². The Balaban J connectivity index is 2.18. The van der Waals surface area contributed by atoms with E-state index in [1.165, 1.54) is 0 Å². The average Bonchev–Trinajstić information content (AvgIpc) is 2.58. The van der Waals surface area contributed by atoms with Crippen molar-refractivity contribution in [2.75, 3.05) is 7.11 Å². The number of methoxy groups -OCH3 is 1. The zero-order chi connectivity index (χ0) is 18.6. The van der Waals surface area contributed by atoms with Gasteiger partial charge in [0.2, 0.25) is 5.91 Å². The molecule has 0 bridgehead atoms. The van der Waals surface area contributed by atoms with E-state index in [2.05, 4.69) is 5.32 Å². The Kier molecular flexibility index (Phi) is 6.02. The first-order valence-electron chi connectivity index (χ1n) is 8.42. The van der Waals surface area contributed by atoms with Gasteiger partial charge in [0.1, 0.15) is 11.8 Å². The molecular weight excluding hydrogens is 318 g/mol. The van der Waals surface area contributed by atoms with Gasteiger partial charge in [-0.25, -0.2) is 4.79 Å². The zero-order valence-corrected chi connectivity index (χ0v) is 15.1. The van der Waals surface area contributed by atoms with Gasteiger partial charge < -0.3 is 15.2 Å². The number of carboxylic acid groups (broad SMARTS) is 1. The summed E-state index contributed by atoms with van der Waals surface area (Å²) in [6.45, 7) is 5.65. The molecule has 2 atom stereocenters. The van der Waals surface area contributed by atoms with Crippen LogP contribution in [0.2, 0.25) is 0 Å². The third-order valence-electron chi connectivity index (χ3n) is 4.29. The second-order valence-corrected chi connectivity index (χ2v) is 6.72. The number of aliphatic carboxylic acids is 1. The number of nitrogens with one attached hydrogen (secondary N) is 1. The van der Waals surface area contributed by atoms with Crippen LogP contribution in [0, 0.1) is 5.92 Å². The number of hydrogen-bond acceptors (Lipinski definition) is 3. The Morgan fingerprint density at radius 2 is 1.72 bits per heavy atom. The number of ether oxygens (including phenoxy) is 1. The molecule has 2 aromatic carbocycles. The van der Waals surface area contributed by atoms with Crippen molar-refractivity contribution in [3.05, 3.63) is 42.0 Å². The molecule has 2 rings (SSSR count). The maximum atomic E-state index is 12.5. The quantitative estimate of drug-likeness (QED) is 0.806. The van der Waals surface area contributed by atoms with E-state index in [1.807, 2.05) is 50.2 Å². The highest BCUT2D eigenvalue weighted by atomic mass is 16.5. The molecule has 0 aliphatic rings. The Hall–Kier alpha value is -2.56. The number of carboxylic acids is 1. The normalized spacial score (nSPS) is 13.5. The summed E-state index contributed by atoms with van der Waals surface area (Å²) in [6, 6.07) is 10.7. The fourth-order valence-corrected chi connectivity index (χ4v) is 2.78. The molecule has 0 aromatic heterocycles. The van der Waals surface area contributed by atoms with Gasteiger partial charge in [-0.05, 0) is 47.7 Å². The van der Waals surface area contributed by atoms with Gasteiger partial charge in [0, 0.05) is 0 Å². The van der Waals surface area contributed by atoms with Crippen LogP contribution >= 0.6 is 0 Å². The van der Waals surface area contributed by atoms with E-state index < -0.39 is 17.9 Å². The van der Waals surface area contributed by atoms with E-state index >= 15 is 0 Å². The van der Waals surface area contributed by atoms with Crippen molar-refractivity contribution in [3.8, 4) is 5.75 Å². The van der Waals surface area contributed by atoms with Crippen LogP contribution in [0.3, 0.4) is 0 Å². The molecule has 0 aliphatic carbocycles. The van der Waals surface area contributed by atoms with Gasteiger partial charge in [-0.3, -0.25) is 4.79 Å². The average molecular weight is 343 g/mol. The van der Waals surface area contributed by atoms with Crippen molar-refractivity contribution in [1.29, 1.82) is 0 Å². The zero-order valence-electron chi connectivity index (χ0n) is 15.1. The molecule has 5 nitrogen and oxygen atoms in total. The molecule has 0 spiro atoms. The Labute approximate surface area is 148 Å². The molecule has 2 aromatic rings. The van der Waals surface area contributed by atoms with Crippen molar-refractivity contribution in [2.24, 2.45) is 5.92 Å². The van der Waals surface area contributed by atoms with Crippen LogP contribution in [0.15, 0.2) is 36.4 Å². The summed E-state index contributed by atoms with van der Waals surface area (Å²) >= 11 is 0. The molecule has 0 heterocycles. The lowest BCUT2D eigenvalue weighted by molar-refractivity contribution is -0.142. The second kappa shape index (κ2) is 8.01. The SMILES string of the molecule is COc1ccc2cc(C(C)C(=O)N[C@@H](CC(C)C)C(=O)O)ccc2c1. The van der Waals surface area contributed by atoms with Crippen LogP contribution in [0.4, 0.5) is 0 Å². The number of carbonyl (C=O) groups is 2. The van der Waals surface area contributed by atoms with Gasteiger partial charge in [0.15, 0.2) is 0 Å². The van der Waals surface area contributed by atoms with Gasteiger partial charge in [-0.15, -0.1) is 0 Å². The van der Waals surface area contributed by atoms with Crippen molar-refractivity contribution < 1.29 is 19.4 Å². The molecule has 1 amide bonds. The van der Waals surface area contributed by atoms with Gasteiger partial charge in [0.25, 0.3) is 0 Å². The van der Waals surface area contributed by atoms with E-state index in [9.17, 15) is 14.7 Å². The predicted molar refractivity (Wildman–Crippen MR) is 97.9 cm³/mol. The number of rotatable bonds is 7. The standard InChI is InChI=1S/C20H25NO4/c1-12(2)9-18(20(23)24)21-19(22)13(3)14-5-6-16-11-17(25-4)8-7-15(16)10-14/h5-8,10-13,18H,9H2,1-4H3,(H,21,22)(H,23,24)/t13?,18-/m0/s1. The topological polar surface area (TPSA) is 75.6 Å². The first-order valence-corrected chi connectivity index (χ1v) is 8.42. The minimum atomic E-state index is -1.00. The molecule has 5 heteroatoms. The summed E-state index contributed by atoms with van der Waals surface area (Å²) in [7, 11) is 1.62. The Morgan fingerprint density at radius 3 is 2.32 bits per heavy atom. The lowest BCUT2D eigenvalue weighted by atomic mass is 9.96. The molecule has 0 aliphatic heterocycles. The van der Waals surface area contributed by atoms with Crippen molar-refractivity contribution in [3.63, 3.8) is 0 Å². The molecule has 25 heavy (non-hydrogen) atoms. The molecule has 134 valence electrons. The number of carbonyl (C=O) groups excluding carboxylic acids is 1. The maximum absolute atomic E-state index is 12.5. The first-order chi connectivity index (χ1) is 11.8. The summed E-state index contributed by atoms with van der Waals surface area (Å²) in [4.78, 5) is 23.8. The van der Waals surface area contributed by atoms with Crippen molar-refractivity contribution >= 4 is 22.6 Å². The third kappa shape index (κ3) is 4.72. The van der Waals surface area contributed by atoms with Crippen LogP contribution in [0.1, 0.15) is 38.7 Å². The van der Waals surface area contributed by atoms with Gasteiger partial charge in [0.05, 0.1) is 13.0 Å². The largest absolute Gasteiger partial charge is 0.497 e. The van der Waals surface area contributed by atoms with Crippen LogP contribution in [-0.4, -0.2) is 30.1 Å². The van der Waals surface area contributed by atoms with E-state index in [1.54, 1.807) is 14.0 Å². The number of benzene rings is 2. The number of hydrogen-bond donors (Lipinski definition) is 2. The maximum Gasteiger partial charge on any atom is 0.326 e. The molecule has 2 N–H and O–H groups in total. The highest BCUT2D eigenvalue weighted by molar-refractivity contribution is 5.90. The highest BCUT2D eigenvalue weighted by Gasteiger charge is 2.24. The minimum Gasteiger partial charge on any atom is -0.497 e. The molecule has 0 fully saturated rings. The minimum absolute atomic E-state index is 0.187. The Morgan fingerprint density at radius 1 is 1.08 bits per heavy atom. The van der Waals surface area contributed by atoms with Gasteiger partial charge in [-0.2, -0.15) is 0 Å². The van der Waals surface area contributed by atoms with Gasteiger partial charge >= 0.3 is 5.97 Å². The van der Waals surface area contributed by atoms with Crippen LogP contribution < -0.4 is 10.1 Å². The molecule has 0 saturated carbocycles. The summed E-state index contributed by atoms with van der Waals surface area (Å²) in [5.41, 5.74) is 0.851. The predicted octanol–water partition coefficient (Wildman–Crippen LogP) is 3.57. The van der Waals surface area contributed by atoms with Crippen molar-refractivity contribution in [1.82, 2.24) is 5.32 Å². The second-order valence-electron chi connectivity index (χ2n) is 6.72. The molecule has 1 unspecified atom stereocenters. The summed E-state index contributed by atoms with van der Waals surface area (Å²) in [6.07, 6.45) is 0.408. The van der Waals surface area contributed by atoms with E-state index in [-0.39, 0.29) is 11.8 Å². The van der Waals surface area contributed by atoms with Gasteiger partial charge in [-0.1, -0.05) is 38.1 Å². The molecule has 0 saturated heterocycles. The van der Waals surface area contributed by atoms with Crippen molar-refractivity contribution in [2.45, 2.75) is 39.2 Å². The third-order valence-corrected chi connectivity index (χ3v) is 4.29. The monoisotopic (exact) mass is 343 g/mol. The van der Waals surface area contributed by atoms with Crippen LogP contribution in [0.25, 0.3) is 10.8 Å². The highest BCUT2D eigenvalue weighted by Crippen LogP contribution is 2.25.